The predicted molar refractivity (Wildman–Crippen MR) is 85.5 cm³/mol. The normalized spacial score (nSPS) is 4.14. The van der Waals surface area contributed by atoms with Crippen LogP contribution in [0.5, 0.6) is 0 Å². The summed E-state index contributed by atoms with van der Waals surface area (Å²) < 4.78 is 0. The van der Waals surface area contributed by atoms with Crippen LogP contribution in [0.2, 0.25) is 0 Å². The third kappa shape index (κ3) is 1540. The van der Waals surface area contributed by atoms with Crippen LogP contribution in [0.1, 0.15) is 0 Å². The first-order valence-electron chi connectivity index (χ1n) is 2.74. The number of rotatable bonds is 0. The summed E-state index contributed by atoms with van der Waals surface area (Å²) in [6.07, 6.45) is 0. The number of hydrogen-bond acceptors (Lipinski definition) is 15. The molecule has 0 amide bonds. The van der Waals surface area contributed by atoms with Gasteiger partial charge in [0.1, 0.15) is 0 Å². The van der Waals surface area contributed by atoms with E-state index in [1.54, 1.807) is 0 Å². The Bertz CT molecular complexity index is 214. The predicted octanol–water partition coefficient (Wildman–Crippen LogP) is -5.39. The van der Waals surface area contributed by atoms with Gasteiger partial charge in [0.05, 0.1) is 25.4 Å². The van der Waals surface area contributed by atoms with E-state index in [1.165, 1.54) is 0 Å². The molecule has 0 spiro atoms. The van der Waals surface area contributed by atoms with E-state index in [2.05, 4.69) is 0 Å². The van der Waals surface area contributed by atoms with Gasteiger partial charge >= 0.3 is 41.7 Å². The molecule has 0 aromatic rings. The molecule has 0 aliphatic heterocycles. The first kappa shape index (κ1) is 113. The van der Waals surface area contributed by atoms with Crippen LogP contribution in [0.3, 0.4) is 0 Å². The molecule has 185 valence electrons. The summed E-state index contributed by atoms with van der Waals surface area (Å²) in [7, 11) is 0. The number of quaternary nitrogens is 2. The van der Waals surface area contributed by atoms with Crippen molar-refractivity contribution in [3.8, 4) is 0 Å². The van der Waals surface area contributed by atoms with Crippen molar-refractivity contribution in [2.45, 2.75) is 0 Å². The van der Waals surface area contributed by atoms with Crippen molar-refractivity contribution in [2.24, 2.45) is 0 Å². The van der Waals surface area contributed by atoms with Crippen LogP contribution in [-0.2, 0) is 0 Å². The molecule has 0 heterocycles. The van der Waals surface area contributed by atoms with Crippen molar-refractivity contribution < 1.29 is 100 Å². The van der Waals surface area contributed by atoms with Crippen LogP contribution >= 0.6 is 0 Å². The van der Waals surface area contributed by atoms with Crippen LogP contribution in [0.25, 0.3) is 0 Å². The zero-order valence-corrected chi connectivity index (χ0v) is 17.0. The van der Waals surface area contributed by atoms with Crippen LogP contribution in [0.15, 0.2) is 0 Å². The van der Waals surface area contributed by atoms with Crippen molar-refractivity contribution in [3.05, 3.63) is 76.6 Å². The minimum atomic E-state index is -1.75. The number of nitrogens with zero attached hydrogens (tertiary/aromatic N) is 5. The Labute approximate surface area is 188 Å². The summed E-state index contributed by atoms with van der Waals surface area (Å²) in [5, 5.41) is 73.8. The summed E-state index contributed by atoms with van der Waals surface area (Å²) >= 11 is 0. The summed E-state index contributed by atoms with van der Waals surface area (Å²) in [4.78, 5) is 41.2. The second-order valence-corrected chi connectivity index (χ2v) is 1.12. The summed E-state index contributed by atoms with van der Waals surface area (Å²) in [6.45, 7) is 0. The van der Waals surface area contributed by atoms with Crippen molar-refractivity contribution >= 4 is 0 Å². The van der Waals surface area contributed by atoms with Gasteiger partial charge < -0.3 is 122 Å². The molecule has 0 aromatic carbocycles. The Morgan fingerprint density at radius 2 is 0.310 bits per heavy atom. The molecule has 0 atom stereocenters. The van der Waals surface area contributed by atoms with E-state index in [4.69, 9.17) is 76.6 Å². The van der Waals surface area contributed by atoms with Gasteiger partial charge in [-0.2, -0.15) is 0 Å². The average molecular weight is 594 g/mol. The Morgan fingerprint density at radius 1 is 0.310 bits per heavy atom. The van der Waals surface area contributed by atoms with Gasteiger partial charge in [0, 0.05) is 0 Å². The van der Waals surface area contributed by atoms with Crippen molar-refractivity contribution in [1.29, 1.82) is 0 Å². The molecule has 1 radical (unpaired) electrons. The van der Waals surface area contributed by atoms with Crippen LogP contribution in [0.4, 0.5) is 0 Å². The number of hydrogen-bond donors (Lipinski definition) is 2. The summed E-state index contributed by atoms with van der Waals surface area (Å²) in [5.74, 6) is 0. The molecule has 0 unspecified atom stereocenters. The van der Waals surface area contributed by atoms with Gasteiger partial charge in [0.25, 0.3) is 0 Å². The van der Waals surface area contributed by atoms with E-state index in [1.807, 2.05) is 0 Å². The van der Waals surface area contributed by atoms with Gasteiger partial charge in [0.15, 0.2) is 0 Å². The molecule has 28 nitrogen and oxygen atoms in total. The molecule has 29 heavy (non-hydrogen) atoms. The smallest absolute Gasteiger partial charge is 0.412 e. The molecule has 0 fully saturated rings. The topological polar surface area (TPSA) is 593 Å². The van der Waals surface area contributed by atoms with Crippen molar-refractivity contribution in [1.82, 2.24) is 12.3 Å². The van der Waals surface area contributed by atoms with Gasteiger partial charge in [0.2, 0.25) is 0 Å². The van der Waals surface area contributed by atoms with Gasteiger partial charge in [-0.3, -0.25) is 0 Å². The fourth-order valence-corrected chi connectivity index (χ4v) is 0. The second kappa shape index (κ2) is 99.8. The van der Waals surface area contributed by atoms with E-state index >= 15 is 0 Å². The quantitative estimate of drug-likeness (QED) is 0.195. The first-order valence-corrected chi connectivity index (χ1v) is 2.74. The maximum Gasteiger partial charge on any atom is 3.00 e. The molecule has 0 aliphatic carbocycles. The van der Waals surface area contributed by atoms with Gasteiger partial charge in [-0.05, 0) is 0 Å². The molecule has 0 aromatic heterocycles. The minimum absolute atomic E-state index is 0. The summed E-state index contributed by atoms with van der Waals surface area (Å²) in [5.41, 5.74) is 0. The molecule has 29 heteroatoms. The third-order valence-electron chi connectivity index (χ3n) is 0. The van der Waals surface area contributed by atoms with Crippen LogP contribution in [0, 0.1) is 118 Å². The van der Waals surface area contributed by atoms with E-state index in [0.717, 1.165) is 0 Å². The van der Waals surface area contributed by atoms with Crippen LogP contribution in [-0.4, -0.2) is 58.3 Å². The zero-order chi connectivity index (χ0) is 17.9. The van der Waals surface area contributed by atoms with E-state index in [-0.39, 0.29) is 86.9 Å². The van der Waals surface area contributed by atoms with Crippen molar-refractivity contribution in [2.75, 3.05) is 0 Å². The maximum atomic E-state index is 8.25. The second-order valence-electron chi connectivity index (χ2n) is 1.12. The SMILES string of the molecule is O.O.O.O.O.O.O=[N+]([O-])[O-].O=[N+]([O-])[O-].O=[N+]([O-])[O-].O=[N+]([O-])[O-].O=[N+]([O-])[O-].[Ce+3].[NH4+].[NH4+]. The Morgan fingerprint density at radius 3 is 0.310 bits per heavy atom. The fourth-order valence-electron chi connectivity index (χ4n) is 0. The van der Waals surface area contributed by atoms with Crippen LogP contribution < -0.4 is 12.3 Å². The molecule has 0 aliphatic rings. The molecule has 0 saturated heterocycles. The standard InChI is InChI=1S/Ce.5NO3.2H3N.6H2O/c;5*2-1(3)4;;;;;;;;/h;;;;;;2*1H3;6*1H2/q+3;5*-1;;;;;;;;/p+2. The zero-order valence-electron chi connectivity index (χ0n) is 13.9. The molecule has 20 N–H and O–H groups in total. The average Bonchev–Trinajstić information content (AvgIpc) is 1.94. The Kier molecular flexibility index (Phi) is 387. The molecule has 0 bridgehead atoms. The van der Waals surface area contributed by atoms with Gasteiger partial charge in [-0.1, -0.05) is 0 Å². The minimum Gasteiger partial charge on any atom is -0.412 e. The summed E-state index contributed by atoms with van der Waals surface area (Å²) in [6, 6.07) is 0. The van der Waals surface area contributed by atoms with E-state index in [9.17, 15) is 0 Å². The van der Waals surface area contributed by atoms with Crippen molar-refractivity contribution in [3.63, 3.8) is 0 Å². The maximum absolute atomic E-state index is 8.25. The first-order chi connectivity index (χ1) is 8.66. The monoisotopic (exact) mass is 594 g/mol. The molecular formula is H20CeN7O21. The van der Waals surface area contributed by atoms with Gasteiger partial charge in [-0.15, -0.1) is 0 Å². The Hall–Kier alpha value is -2.94. The molecule has 0 rings (SSSR count). The fraction of sp³-hybridized carbons (Fsp3) is 0. The largest absolute Gasteiger partial charge is 3.00 e. The van der Waals surface area contributed by atoms with E-state index in [0.29, 0.717) is 0 Å². The molecular weight excluding hydrogens is 574 g/mol. The van der Waals surface area contributed by atoms with E-state index < -0.39 is 25.4 Å². The van der Waals surface area contributed by atoms with Gasteiger partial charge in [-0.25, -0.2) is 0 Å². The Balaban J connectivity index is -0.00000000750. The third-order valence-corrected chi connectivity index (χ3v) is 0. The molecule has 0 saturated carbocycles.